The number of amides is 2. The Morgan fingerprint density at radius 3 is 2.16 bits per heavy atom. The van der Waals surface area contributed by atoms with Gasteiger partial charge in [0.25, 0.3) is 11.8 Å². The molecule has 3 N–H and O–H groups in total. The van der Waals surface area contributed by atoms with Gasteiger partial charge in [0.2, 0.25) is 0 Å². The highest BCUT2D eigenvalue weighted by molar-refractivity contribution is 7.80. The second-order valence-corrected chi connectivity index (χ2v) is 8.65. The number of nitrogens with one attached hydrogen (secondary N) is 3. The minimum absolute atomic E-state index is 0.117. The first-order valence-corrected chi connectivity index (χ1v) is 12.3. The zero-order chi connectivity index (χ0) is 25.9. The maximum absolute atomic E-state index is 12.9. The van der Waals surface area contributed by atoms with Crippen molar-refractivity contribution in [3.8, 4) is 5.75 Å². The lowest BCUT2D eigenvalue weighted by Crippen LogP contribution is -2.34. The molecule has 4 rings (SSSR count). The smallest absolute Gasteiger partial charge is 0.261 e. The highest BCUT2D eigenvalue weighted by Gasteiger charge is 2.14. The molecule has 4 aromatic carbocycles. The third kappa shape index (κ3) is 7.75. The maximum atomic E-state index is 12.9. The van der Waals surface area contributed by atoms with Gasteiger partial charge in [0.15, 0.2) is 5.11 Å². The van der Waals surface area contributed by atoms with E-state index < -0.39 is 0 Å². The molecule has 0 heterocycles. The van der Waals surface area contributed by atoms with Crippen LogP contribution in [0.5, 0.6) is 5.75 Å². The van der Waals surface area contributed by atoms with Gasteiger partial charge < -0.3 is 15.4 Å². The Morgan fingerprint density at radius 2 is 1.41 bits per heavy atom. The third-order valence-electron chi connectivity index (χ3n) is 5.53. The molecule has 0 bridgehead atoms. The molecular formula is C30H27N3O3S. The molecule has 0 fully saturated rings. The summed E-state index contributed by atoms with van der Waals surface area (Å²) in [6, 6.07) is 33.6. The minimum atomic E-state index is -0.385. The number of ether oxygens (including phenoxy) is 1. The van der Waals surface area contributed by atoms with Crippen LogP contribution in [0.3, 0.4) is 0 Å². The van der Waals surface area contributed by atoms with Crippen molar-refractivity contribution < 1.29 is 14.3 Å². The number of carbonyl (C=O) groups excluding carboxylic acids is 2. The Kier molecular flexibility index (Phi) is 8.99. The minimum Gasteiger partial charge on any atom is -0.492 e. The van der Waals surface area contributed by atoms with E-state index in [2.05, 4.69) is 16.0 Å². The molecule has 0 saturated carbocycles. The molecule has 186 valence electrons. The first-order chi connectivity index (χ1) is 18.1. The normalized spacial score (nSPS) is 10.3. The van der Waals surface area contributed by atoms with Crippen molar-refractivity contribution in [3.05, 3.63) is 131 Å². The molecule has 4 aromatic rings. The Balaban J connectivity index is 1.31. The summed E-state index contributed by atoms with van der Waals surface area (Å²) < 4.78 is 5.89. The highest BCUT2D eigenvalue weighted by atomic mass is 32.1. The second kappa shape index (κ2) is 13.0. The number of thiocarbonyl (C=S) groups is 1. The van der Waals surface area contributed by atoms with Crippen molar-refractivity contribution in [2.75, 3.05) is 11.9 Å². The van der Waals surface area contributed by atoms with Crippen LogP contribution in [-0.4, -0.2) is 23.5 Å². The molecular weight excluding hydrogens is 482 g/mol. The van der Waals surface area contributed by atoms with Crippen molar-refractivity contribution in [1.82, 2.24) is 10.6 Å². The van der Waals surface area contributed by atoms with Crippen molar-refractivity contribution in [3.63, 3.8) is 0 Å². The number of hydrogen-bond donors (Lipinski definition) is 3. The zero-order valence-electron chi connectivity index (χ0n) is 20.1. The van der Waals surface area contributed by atoms with Gasteiger partial charge >= 0.3 is 0 Å². The lowest BCUT2D eigenvalue weighted by Gasteiger charge is -2.13. The van der Waals surface area contributed by atoms with E-state index in [1.54, 1.807) is 42.5 Å². The van der Waals surface area contributed by atoms with Crippen LogP contribution < -0.4 is 20.7 Å². The molecule has 0 aliphatic carbocycles. The number of hydrogen-bond acceptors (Lipinski definition) is 4. The van der Waals surface area contributed by atoms with Gasteiger partial charge in [0.05, 0.1) is 12.2 Å². The van der Waals surface area contributed by atoms with Crippen molar-refractivity contribution in [1.29, 1.82) is 0 Å². The van der Waals surface area contributed by atoms with Gasteiger partial charge in [-0.25, -0.2) is 0 Å². The molecule has 0 aliphatic rings. The number of carbonyl (C=O) groups is 2. The summed E-state index contributed by atoms with van der Waals surface area (Å²) in [6.45, 7) is 0.870. The number of rotatable bonds is 9. The average Bonchev–Trinajstić information content (AvgIpc) is 2.93. The quantitative estimate of drug-likeness (QED) is 0.265. The molecule has 7 heteroatoms. The summed E-state index contributed by atoms with van der Waals surface area (Å²) in [5, 5.41) is 8.68. The van der Waals surface area contributed by atoms with Gasteiger partial charge in [-0.15, -0.1) is 0 Å². The van der Waals surface area contributed by atoms with Gasteiger partial charge in [-0.1, -0.05) is 78.9 Å². The summed E-state index contributed by atoms with van der Waals surface area (Å²) in [6.07, 6.45) is 0.728. The van der Waals surface area contributed by atoms with E-state index >= 15 is 0 Å². The molecule has 0 saturated heterocycles. The lowest BCUT2D eigenvalue weighted by atomic mass is 10.1. The summed E-state index contributed by atoms with van der Waals surface area (Å²) in [7, 11) is 0. The molecule has 0 atom stereocenters. The maximum Gasteiger partial charge on any atom is 0.261 e. The predicted octanol–water partition coefficient (Wildman–Crippen LogP) is 5.36. The largest absolute Gasteiger partial charge is 0.492 e. The van der Waals surface area contributed by atoms with Gasteiger partial charge in [0, 0.05) is 24.2 Å². The van der Waals surface area contributed by atoms with Crippen LogP contribution in [0.4, 0.5) is 5.69 Å². The van der Waals surface area contributed by atoms with Crippen LogP contribution in [-0.2, 0) is 13.0 Å². The van der Waals surface area contributed by atoms with Crippen LogP contribution in [0.2, 0.25) is 0 Å². The first-order valence-electron chi connectivity index (χ1n) is 11.9. The fraction of sp³-hybridized carbons (Fsp3) is 0.100. The zero-order valence-corrected chi connectivity index (χ0v) is 21.0. The predicted molar refractivity (Wildman–Crippen MR) is 150 cm³/mol. The monoisotopic (exact) mass is 509 g/mol. The number of benzene rings is 4. The summed E-state index contributed by atoms with van der Waals surface area (Å²) in [4.78, 5) is 25.5. The molecule has 37 heavy (non-hydrogen) atoms. The van der Waals surface area contributed by atoms with E-state index in [1.165, 1.54) is 0 Å². The van der Waals surface area contributed by atoms with E-state index in [-0.39, 0.29) is 16.9 Å². The number of para-hydroxylation sites is 1. The van der Waals surface area contributed by atoms with Crippen LogP contribution in [0.25, 0.3) is 0 Å². The van der Waals surface area contributed by atoms with Gasteiger partial charge in [-0.3, -0.25) is 14.9 Å². The average molecular weight is 510 g/mol. The Morgan fingerprint density at radius 1 is 0.730 bits per heavy atom. The van der Waals surface area contributed by atoms with Crippen LogP contribution in [0, 0.1) is 0 Å². The first kappa shape index (κ1) is 25.6. The van der Waals surface area contributed by atoms with Crippen molar-refractivity contribution >= 4 is 34.8 Å². The van der Waals surface area contributed by atoms with E-state index in [1.807, 2.05) is 66.7 Å². The van der Waals surface area contributed by atoms with Crippen LogP contribution in [0.1, 0.15) is 31.8 Å². The van der Waals surface area contributed by atoms with E-state index in [9.17, 15) is 9.59 Å². The van der Waals surface area contributed by atoms with Crippen LogP contribution in [0.15, 0.2) is 109 Å². The van der Waals surface area contributed by atoms with E-state index in [0.717, 1.165) is 17.5 Å². The molecule has 0 aromatic heterocycles. The van der Waals surface area contributed by atoms with E-state index in [0.29, 0.717) is 35.7 Å². The molecule has 2 amide bonds. The molecule has 0 spiro atoms. The topological polar surface area (TPSA) is 79.5 Å². The SMILES string of the molecule is O=C(NCc1ccccc1)c1cccc(NC(=S)NC(=O)c2ccccc2OCCc2ccccc2)c1. The summed E-state index contributed by atoms with van der Waals surface area (Å²) >= 11 is 5.35. The Hall–Kier alpha value is -4.49. The standard InChI is InChI=1S/C30H27N3O3S/c34-28(31-21-23-12-5-2-6-13-23)24-14-9-15-25(20-24)32-30(37)33-29(35)26-16-7-8-17-27(26)36-19-18-22-10-3-1-4-11-22/h1-17,20H,18-19,21H2,(H,31,34)(H2,32,33,35,37). The van der Waals surface area contributed by atoms with Gasteiger partial charge in [-0.05, 0) is 53.7 Å². The Labute approximate surface area is 221 Å². The van der Waals surface area contributed by atoms with Gasteiger partial charge in [0.1, 0.15) is 5.75 Å². The summed E-state index contributed by atoms with van der Waals surface area (Å²) in [5.74, 6) is -0.107. The molecule has 6 nitrogen and oxygen atoms in total. The fourth-order valence-corrected chi connectivity index (χ4v) is 3.87. The van der Waals surface area contributed by atoms with Crippen molar-refractivity contribution in [2.45, 2.75) is 13.0 Å². The third-order valence-corrected chi connectivity index (χ3v) is 5.73. The highest BCUT2D eigenvalue weighted by Crippen LogP contribution is 2.19. The fourth-order valence-electron chi connectivity index (χ4n) is 3.65. The van der Waals surface area contributed by atoms with Gasteiger partial charge in [-0.2, -0.15) is 0 Å². The molecule has 0 radical (unpaired) electrons. The Bertz CT molecular complexity index is 1360. The number of anilines is 1. The summed E-state index contributed by atoms with van der Waals surface area (Å²) in [5.41, 5.74) is 3.62. The van der Waals surface area contributed by atoms with Crippen LogP contribution >= 0.6 is 12.2 Å². The molecule has 0 aliphatic heterocycles. The lowest BCUT2D eigenvalue weighted by molar-refractivity contribution is 0.0948. The second-order valence-electron chi connectivity index (χ2n) is 8.24. The molecule has 0 unspecified atom stereocenters. The van der Waals surface area contributed by atoms with E-state index in [4.69, 9.17) is 17.0 Å². The van der Waals surface area contributed by atoms with Crippen molar-refractivity contribution in [2.24, 2.45) is 0 Å².